The molecule has 6 nitrogen and oxygen atoms in total. The predicted molar refractivity (Wildman–Crippen MR) is 116 cm³/mol. The van der Waals surface area contributed by atoms with Gasteiger partial charge in [-0.15, -0.1) is 0 Å². The molecular weight excluding hydrogens is 364 g/mol. The second-order valence-corrected chi connectivity index (χ2v) is 7.70. The molecule has 3 aromatic rings. The third kappa shape index (κ3) is 3.77. The number of benzene rings is 1. The third-order valence-electron chi connectivity index (χ3n) is 5.97. The lowest BCUT2D eigenvalue weighted by Gasteiger charge is -2.35. The molecule has 1 aliphatic rings. The number of hydrogen-bond donors (Lipinski definition) is 1. The van der Waals surface area contributed by atoms with Crippen LogP contribution in [0.15, 0.2) is 36.5 Å². The van der Waals surface area contributed by atoms with E-state index in [2.05, 4.69) is 16.2 Å². The van der Waals surface area contributed by atoms with Crippen molar-refractivity contribution in [2.45, 2.75) is 45.2 Å². The lowest BCUT2D eigenvalue weighted by Crippen LogP contribution is -2.38. The second kappa shape index (κ2) is 8.33. The van der Waals surface area contributed by atoms with E-state index in [1.165, 1.54) is 31.4 Å². The molecule has 1 atom stereocenters. The summed E-state index contributed by atoms with van der Waals surface area (Å²) in [5.74, 6) is 1.42. The highest BCUT2D eigenvalue weighted by Gasteiger charge is 2.24. The van der Waals surface area contributed by atoms with Gasteiger partial charge in [0, 0.05) is 30.0 Å². The number of hydrogen-bond acceptors (Lipinski definition) is 5. The van der Waals surface area contributed by atoms with Gasteiger partial charge < -0.3 is 19.6 Å². The van der Waals surface area contributed by atoms with E-state index in [-0.39, 0.29) is 0 Å². The van der Waals surface area contributed by atoms with Gasteiger partial charge in [0.15, 0.2) is 11.5 Å². The van der Waals surface area contributed by atoms with Crippen molar-refractivity contribution >= 4 is 11.3 Å². The summed E-state index contributed by atoms with van der Waals surface area (Å²) < 4.78 is 13.1. The number of nitrogen functional groups attached to an aromatic ring is 1. The Hall–Kier alpha value is -2.73. The molecule has 6 heteroatoms. The van der Waals surface area contributed by atoms with Gasteiger partial charge in [-0.1, -0.05) is 13.3 Å². The molecule has 3 heterocycles. The largest absolute Gasteiger partial charge is 0.493 e. The maximum Gasteiger partial charge on any atom is 0.161 e. The third-order valence-corrected chi connectivity index (χ3v) is 5.97. The van der Waals surface area contributed by atoms with Gasteiger partial charge in [0.05, 0.1) is 25.6 Å². The van der Waals surface area contributed by atoms with Crippen LogP contribution < -0.4 is 15.2 Å². The summed E-state index contributed by atoms with van der Waals surface area (Å²) >= 11 is 0. The number of likely N-dealkylation sites (tertiary alicyclic amines) is 1. The van der Waals surface area contributed by atoms with E-state index >= 15 is 0 Å². The Balaban J connectivity index is 1.82. The van der Waals surface area contributed by atoms with E-state index in [1.807, 2.05) is 36.5 Å². The SMILES string of the molecule is CCC1CCCCN1Cc1c(-c2ccc(OC)c(OC)c2)nc2ccc(N)cn12. The lowest BCUT2D eigenvalue weighted by atomic mass is 9.99. The Morgan fingerprint density at radius 3 is 2.69 bits per heavy atom. The van der Waals surface area contributed by atoms with Crippen molar-refractivity contribution in [3.63, 3.8) is 0 Å². The van der Waals surface area contributed by atoms with Gasteiger partial charge >= 0.3 is 0 Å². The molecular formula is C23H30N4O2. The van der Waals surface area contributed by atoms with Crippen LogP contribution in [-0.4, -0.2) is 41.1 Å². The van der Waals surface area contributed by atoms with Gasteiger partial charge in [-0.2, -0.15) is 0 Å². The zero-order chi connectivity index (χ0) is 20.4. The van der Waals surface area contributed by atoms with Crippen molar-refractivity contribution in [1.82, 2.24) is 14.3 Å². The zero-order valence-corrected chi connectivity index (χ0v) is 17.5. The van der Waals surface area contributed by atoms with Crippen molar-refractivity contribution in [3.8, 4) is 22.8 Å². The van der Waals surface area contributed by atoms with Crippen LogP contribution in [0.5, 0.6) is 11.5 Å². The fraction of sp³-hybridized carbons (Fsp3) is 0.435. The number of fused-ring (bicyclic) bond motifs is 1. The first-order valence-corrected chi connectivity index (χ1v) is 10.4. The van der Waals surface area contributed by atoms with Crippen LogP contribution in [0.2, 0.25) is 0 Å². The Kier molecular flexibility index (Phi) is 5.62. The molecule has 0 aliphatic carbocycles. The first-order valence-electron chi connectivity index (χ1n) is 10.4. The molecule has 0 saturated carbocycles. The molecule has 0 amide bonds. The van der Waals surface area contributed by atoms with Crippen molar-refractivity contribution in [3.05, 3.63) is 42.2 Å². The van der Waals surface area contributed by atoms with Crippen molar-refractivity contribution in [2.24, 2.45) is 0 Å². The monoisotopic (exact) mass is 394 g/mol. The fourth-order valence-corrected chi connectivity index (χ4v) is 4.40. The van der Waals surface area contributed by atoms with E-state index < -0.39 is 0 Å². The maximum absolute atomic E-state index is 6.11. The summed E-state index contributed by atoms with van der Waals surface area (Å²) in [6.07, 6.45) is 6.98. The Morgan fingerprint density at radius 1 is 1.10 bits per heavy atom. The fourth-order valence-electron chi connectivity index (χ4n) is 4.40. The first-order chi connectivity index (χ1) is 14.1. The summed E-state index contributed by atoms with van der Waals surface area (Å²) in [4.78, 5) is 7.55. The van der Waals surface area contributed by atoms with Crippen LogP contribution in [0.25, 0.3) is 16.9 Å². The molecule has 0 spiro atoms. The van der Waals surface area contributed by atoms with Crippen molar-refractivity contribution in [2.75, 3.05) is 26.5 Å². The second-order valence-electron chi connectivity index (χ2n) is 7.70. The number of nitrogens with two attached hydrogens (primary N) is 1. The van der Waals surface area contributed by atoms with Crippen LogP contribution in [0.1, 0.15) is 38.3 Å². The Morgan fingerprint density at radius 2 is 1.93 bits per heavy atom. The molecule has 1 aliphatic heterocycles. The first kappa shape index (κ1) is 19.6. The Labute approximate surface area is 172 Å². The summed E-state index contributed by atoms with van der Waals surface area (Å²) in [6.45, 7) is 4.26. The smallest absolute Gasteiger partial charge is 0.161 e. The lowest BCUT2D eigenvalue weighted by molar-refractivity contribution is 0.134. The number of imidazole rings is 1. The minimum atomic E-state index is 0.619. The summed E-state index contributed by atoms with van der Waals surface area (Å²) in [5.41, 5.74) is 10.9. The van der Waals surface area contributed by atoms with E-state index in [0.29, 0.717) is 17.5 Å². The molecule has 0 radical (unpaired) electrons. The Bertz CT molecular complexity index is 998. The molecule has 2 aromatic heterocycles. The minimum absolute atomic E-state index is 0.619. The number of rotatable bonds is 6. The normalized spacial score (nSPS) is 17.6. The van der Waals surface area contributed by atoms with E-state index in [9.17, 15) is 0 Å². The van der Waals surface area contributed by atoms with E-state index in [4.69, 9.17) is 20.2 Å². The number of methoxy groups -OCH3 is 2. The van der Waals surface area contributed by atoms with Gasteiger partial charge in [-0.3, -0.25) is 4.90 Å². The highest BCUT2D eigenvalue weighted by Crippen LogP contribution is 2.35. The van der Waals surface area contributed by atoms with Crippen LogP contribution in [0, 0.1) is 0 Å². The van der Waals surface area contributed by atoms with Crippen LogP contribution >= 0.6 is 0 Å². The quantitative estimate of drug-likeness (QED) is 0.673. The zero-order valence-electron chi connectivity index (χ0n) is 17.5. The van der Waals surface area contributed by atoms with Gasteiger partial charge in [0.1, 0.15) is 5.65 Å². The van der Waals surface area contributed by atoms with E-state index in [1.54, 1.807) is 14.2 Å². The molecule has 0 bridgehead atoms. The van der Waals surface area contributed by atoms with Crippen molar-refractivity contribution < 1.29 is 9.47 Å². The molecule has 1 saturated heterocycles. The average molecular weight is 395 g/mol. The topological polar surface area (TPSA) is 65.0 Å². The van der Waals surface area contributed by atoms with Crippen LogP contribution in [0.3, 0.4) is 0 Å². The number of ether oxygens (including phenoxy) is 2. The molecule has 4 rings (SSSR count). The summed E-state index contributed by atoms with van der Waals surface area (Å²) in [7, 11) is 3.31. The molecule has 154 valence electrons. The number of piperidine rings is 1. The predicted octanol–water partition coefficient (Wildman–Crippen LogP) is 4.37. The molecule has 1 fully saturated rings. The summed E-state index contributed by atoms with van der Waals surface area (Å²) in [5, 5.41) is 0. The number of nitrogens with zero attached hydrogens (tertiary/aromatic N) is 3. The summed E-state index contributed by atoms with van der Waals surface area (Å²) in [6, 6.07) is 10.5. The minimum Gasteiger partial charge on any atom is -0.493 e. The van der Waals surface area contributed by atoms with Gasteiger partial charge in [-0.25, -0.2) is 4.98 Å². The number of anilines is 1. The molecule has 2 N–H and O–H groups in total. The maximum atomic E-state index is 6.11. The van der Waals surface area contributed by atoms with Gasteiger partial charge in [-0.05, 0) is 56.1 Å². The number of pyridine rings is 1. The standard InChI is InChI=1S/C23H30N4O2/c1-4-18-7-5-6-12-26(18)15-19-23(25-22-11-9-17(24)14-27(19)22)16-8-10-20(28-2)21(13-16)29-3/h8-11,13-14,18H,4-7,12,15,24H2,1-3H3. The molecule has 1 aromatic carbocycles. The van der Waals surface area contributed by atoms with Crippen molar-refractivity contribution in [1.29, 1.82) is 0 Å². The molecule has 29 heavy (non-hydrogen) atoms. The van der Waals surface area contributed by atoms with Gasteiger partial charge in [0.2, 0.25) is 0 Å². The van der Waals surface area contributed by atoms with Crippen LogP contribution in [-0.2, 0) is 6.54 Å². The van der Waals surface area contributed by atoms with Crippen LogP contribution in [0.4, 0.5) is 5.69 Å². The number of aromatic nitrogens is 2. The highest BCUT2D eigenvalue weighted by atomic mass is 16.5. The highest BCUT2D eigenvalue weighted by molar-refractivity contribution is 5.70. The van der Waals surface area contributed by atoms with E-state index in [0.717, 1.165) is 35.7 Å². The average Bonchev–Trinajstić information content (AvgIpc) is 3.11. The van der Waals surface area contributed by atoms with Gasteiger partial charge in [0.25, 0.3) is 0 Å². The molecule has 1 unspecified atom stereocenters.